The van der Waals surface area contributed by atoms with Gasteiger partial charge in [-0.3, -0.25) is 0 Å². The van der Waals surface area contributed by atoms with Gasteiger partial charge in [-0.15, -0.1) is 6.58 Å². The molecule has 0 N–H and O–H groups in total. The van der Waals surface area contributed by atoms with Crippen LogP contribution in [-0.4, -0.2) is 7.11 Å². The van der Waals surface area contributed by atoms with Gasteiger partial charge in [0.1, 0.15) is 5.75 Å². The van der Waals surface area contributed by atoms with Gasteiger partial charge in [-0.2, -0.15) is 0 Å². The Bertz CT molecular complexity index is 352. The van der Waals surface area contributed by atoms with Crippen LogP contribution in [-0.2, 0) is 6.42 Å². The highest BCUT2D eigenvalue weighted by Crippen LogP contribution is 2.14. The largest absolute Gasteiger partial charge is 0.497 e. The molecular formula is C16H22O. The van der Waals surface area contributed by atoms with Crippen LogP contribution in [0.4, 0.5) is 0 Å². The summed E-state index contributed by atoms with van der Waals surface area (Å²) in [6, 6.07) is 8.27. The molecule has 0 aliphatic rings. The zero-order valence-corrected chi connectivity index (χ0v) is 10.7. The van der Waals surface area contributed by atoms with E-state index in [2.05, 4.69) is 30.9 Å². The Kier molecular flexibility index (Phi) is 6.89. The van der Waals surface area contributed by atoms with Crippen LogP contribution in [0, 0.1) is 0 Å². The molecule has 1 nitrogen and oxygen atoms in total. The molecule has 17 heavy (non-hydrogen) atoms. The van der Waals surface area contributed by atoms with Crippen molar-refractivity contribution >= 4 is 0 Å². The molecule has 1 heteroatoms. The minimum Gasteiger partial charge on any atom is -0.497 e. The standard InChI is InChI=1S/C16H22O/c1-3-4-5-6-7-8-9-11-15-12-10-13-16(14-15)17-2/h3,7-8,10,12-14H,1,4-6,9,11H2,2H3/b8-7-. The lowest BCUT2D eigenvalue weighted by molar-refractivity contribution is 0.414. The molecule has 0 fully saturated rings. The van der Waals surface area contributed by atoms with Gasteiger partial charge in [-0.05, 0) is 49.8 Å². The van der Waals surface area contributed by atoms with Crippen molar-refractivity contribution in [1.82, 2.24) is 0 Å². The SMILES string of the molecule is C=CCCC/C=C\CCc1cccc(OC)c1. The van der Waals surface area contributed by atoms with Crippen molar-refractivity contribution in [3.63, 3.8) is 0 Å². The molecule has 0 bridgehead atoms. The number of hydrogen-bond donors (Lipinski definition) is 0. The van der Waals surface area contributed by atoms with Crippen LogP contribution in [0.5, 0.6) is 5.75 Å². The maximum Gasteiger partial charge on any atom is 0.119 e. The second-order valence-electron chi connectivity index (χ2n) is 4.08. The monoisotopic (exact) mass is 230 g/mol. The van der Waals surface area contributed by atoms with Crippen LogP contribution in [0.25, 0.3) is 0 Å². The number of ether oxygens (including phenoxy) is 1. The number of allylic oxidation sites excluding steroid dienone is 3. The highest BCUT2D eigenvalue weighted by molar-refractivity contribution is 5.28. The van der Waals surface area contributed by atoms with Gasteiger partial charge >= 0.3 is 0 Å². The maximum absolute atomic E-state index is 5.20. The third-order valence-electron chi connectivity index (χ3n) is 2.68. The number of methoxy groups -OCH3 is 1. The Morgan fingerprint density at radius 3 is 2.76 bits per heavy atom. The van der Waals surface area contributed by atoms with Gasteiger partial charge in [0.2, 0.25) is 0 Å². The Hall–Kier alpha value is -1.50. The summed E-state index contributed by atoms with van der Waals surface area (Å²) in [4.78, 5) is 0. The normalized spacial score (nSPS) is 10.6. The van der Waals surface area contributed by atoms with Crippen LogP contribution in [0.3, 0.4) is 0 Å². The molecule has 0 radical (unpaired) electrons. The molecule has 0 unspecified atom stereocenters. The van der Waals surface area contributed by atoms with Gasteiger partial charge in [0.15, 0.2) is 0 Å². The molecule has 0 aromatic heterocycles. The van der Waals surface area contributed by atoms with E-state index in [-0.39, 0.29) is 0 Å². The summed E-state index contributed by atoms with van der Waals surface area (Å²) in [6.07, 6.45) is 12.2. The Labute approximate surface area is 105 Å². The molecule has 0 aliphatic carbocycles. The second-order valence-corrected chi connectivity index (χ2v) is 4.08. The first-order chi connectivity index (χ1) is 8.36. The Balaban J connectivity index is 2.23. The van der Waals surface area contributed by atoms with Gasteiger partial charge in [0.25, 0.3) is 0 Å². The van der Waals surface area contributed by atoms with E-state index < -0.39 is 0 Å². The van der Waals surface area contributed by atoms with E-state index in [0.29, 0.717) is 0 Å². The van der Waals surface area contributed by atoms with E-state index in [1.807, 2.05) is 18.2 Å². The van der Waals surface area contributed by atoms with Crippen LogP contribution >= 0.6 is 0 Å². The number of hydrogen-bond acceptors (Lipinski definition) is 1. The lowest BCUT2D eigenvalue weighted by atomic mass is 10.1. The average molecular weight is 230 g/mol. The van der Waals surface area contributed by atoms with Gasteiger partial charge in [0, 0.05) is 0 Å². The fourth-order valence-electron chi connectivity index (χ4n) is 1.69. The quantitative estimate of drug-likeness (QED) is 0.470. The van der Waals surface area contributed by atoms with Crippen LogP contribution in [0.1, 0.15) is 31.2 Å². The number of rotatable bonds is 8. The number of benzene rings is 1. The first-order valence-corrected chi connectivity index (χ1v) is 6.25. The second kappa shape index (κ2) is 8.63. The summed E-state index contributed by atoms with van der Waals surface area (Å²) >= 11 is 0. The molecule has 0 atom stereocenters. The zero-order valence-electron chi connectivity index (χ0n) is 10.7. The fraction of sp³-hybridized carbons (Fsp3) is 0.375. The Morgan fingerprint density at radius 2 is 2.00 bits per heavy atom. The minimum absolute atomic E-state index is 0.942. The molecule has 1 aromatic carbocycles. The first kappa shape index (κ1) is 13.6. The van der Waals surface area contributed by atoms with E-state index in [9.17, 15) is 0 Å². The molecule has 0 spiro atoms. The molecule has 0 saturated carbocycles. The van der Waals surface area contributed by atoms with Crippen LogP contribution < -0.4 is 4.74 Å². The fourth-order valence-corrected chi connectivity index (χ4v) is 1.69. The predicted molar refractivity (Wildman–Crippen MR) is 74.5 cm³/mol. The lowest BCUT2D eigenvalue weighted by Crippen LogP contribution is -1.86. The molecule has 92 valence electrons. The van der Waals surface area contributed by atoms with Crippen molar-refractivity contribution < 1.29 is 4.74 Å². The summed E-state index contributed by atoms with van der Waals surface area (Å²) < 4.78 is 5.20. The lowest BCUT2D eigenvalue weighted by Gasteiger charge is -2.02. The zero-order chi connectivity index (χ0) is 12.3. The third kappa shape index (κ3) is 5.96. The Morgan fingerprint density at radius 1 is 1.18 bits per heavy atom. The van der Waals surface area contributed by atoms with Crippen LogP contribution in [0.15, 0.2) is 49.1 Å². The van der Waals surface area contributed by atoms with Crippen molar-refractivity contribution in [2.75, 3.05) is 7.11 Å². The van der Waals surface area contributed by atoms with Crippen molar-refractivity contribution in [3.05, 3.63) is 54.6 Å². The summed E-state index contributed by atoms with van der Waals surface area (Å²) in [5.74, 6) is 0.942. The summed E-state index contributed by atoms with van der Waals surface area (Å²) in [6.45, 7) is 3.71. The summed E-state index contributed by atoms with van der Waals surface area (Å²) in [5.41, 5.74) is 1.33. The predicted octanol–water partition coefficient (Wildman–Crippen LogP) is 4.54. The van der Waals surface area contributed by atoms with E-state index in [1.165, 1.54) is 12.0 Å². The van der Waals surface area contributed by atoms with Gasteiger partial charge < -0.3 is 4.74 Å². The highest BCUT2D eigenvalue weighted by Gasteiger charge is 1.94. The highest BCUT2D eigenvalue weighted by atomic mass is 16.5. The van der Waals surface area contributed by atoms with Gasteiger partial charge in [0.05, 0.1) is 7.11 Å². The number of aryl methyl sites for hydroxylation is 1. The molecule has 1 rings (SSSR count). The topological polar surface area (TPSA) is 9.23 Å². The van der Waals surface area contributed by atoms with E-state index in [4.69, 9.17) is 4.74 Å². The van der Waals surface area contributed by atoms with Gasteiger partial charge in [-0.25, -0.2) is 0 Å². The van der Waals surface area contributed by atoms with E-state index in [0.717, 1.165) is 31.4 Å². The van der Waals surface area contributed by atoms with E-state index >= 15 is 0 Å². The minimum atomic E-state index is 0.942. The van der Waals surface area contributed by atoms with Crippen molar-refractivity contribution in [2.45, 2.75) is 32.1 Å². The van der Waals surface area contributed by atoms with Crippen molar-refractivity contribution in [3.8, 4) is 5.75 Å². The molecule has 0 aliphatic heterocycles. The van der Waals surface area contributed by atoms with Gasteiger partial charge in [-0.1, -0.05) is 30.4 Å². The maximum atomic E-state index is 5.20. The molecule has 0 amide bonds. The van der Waals surface area contributed by atoms with E-state index in [1.54, 1.807) is 7.11 Å². The number of unbranched alkanes of at least 4 members (excludes halogenated alkanes) is 2. The molecule has 0 saturated heterocycles. The average Bonchev–Trinajstić information content (AvgIpc) is 2.38. The molecule has 0 heterocycles. The molecule has 1 aromatic rings. The van der Waals surface area contributed by atoms with Crippen molar-refractivity contribution in [2.24, 2.45) is 0 Å². The first-order valence-electron chi connectivity index (χ1n) is 6.25. The smallest absolute Gasteiger partial charge is 0.119 e. The molecular weight excluding hydrogens is 208 g/mol. The summed E-state index contributed by atoms with van der Waals surface area (Å²) in [5, 5.41) is 0. The third-order valence-corrected chi connectivity index (χ3v) is 2.68. The summed E-state index contributed by atoms with van der Waals surface area (Å²) in [7, 11) is 1.71. The van der Waals surface area contributed by atoms with Crippen molar-refractivity contribution in [1.29, 1.82) is 0 Å². The van der Waals surface area contributed by atoms with Crippen LogP contribution in [0.2, 0.25) is 0 Å².